The Morgan fingerprint density at radius 2 is 1.48 bits per heavy atom. The van der Waals surface area contributed by atoms with Crippen LogP contribution in [0.15, 0.2) is 48.5 Å². The van der Waals surface area contributed by atoms with Crippen molar-refractivity contribution in [3.05, 3.63) is 64.1 Å². The number of esters is 1. The van der Waals surface area contributed by atoms with E-state index in [4.69, 9.17) is 27.9 Å². The fourth-order valence-corrected chi connectivity index (χ4v) is 2.67. The molecule has 2 rings (SSSR count). The molecule has 132 valence electrons. The van der Waals surface area contributed by atoms with Crippen LogP contribution in [0.3, 0.4) is 0 Å². The second kappa shape index (κ2) is 8.88. The van der Waals surface area contributed by atoms with Crippen LogP contribution in [0, 0.1) is 5.92 Å². The smallest absolute Gasteiger partial charge is 0.314 e. The van der Waals surface area contributed by atoms with E-state index in [0.717, 1.165) is 5.56 Å². The van der Waals surface area contributed by atoms with Crippen LogP contribution in [0.4, 0.5) is 5.69 Å². The van der Waals surface area contributed by atoms with Crippen molar-refractivity contribution in [3.8, 4) is 0 Å². The molecule has 0 radical (unpaired) electrons. The van der Waals surface area contributed by atoms with Gasteiger partial charge in [-0.1, -0.05) is 49.2 Å². The molecule has 0 heterocycles. The van der Waals surface area contributed by atoms with Crippen molar-refractivity contribution in [1.29, 1.82) is 0 Å². The Hall–Kier alpha value is -2.04. The van der Waals surface area contributed by atoms with Gasteiger partial charge in [0.25, 0.3) is 5.91 Å². The van der Waals surface area contributed by atoms with Gasteiger partial charge in [-0.25, -0.2) is 0 Å². The predicted molar refractivity (Wildman–Crippen MR) is 100 cm³/mol. The Balaban J connectivity index is 1.95. The molecule has 0 aliphatic rings. The van der Waals surface area contributed by atoms with Crippen molar-refractivity contribution in [3.63, 3.8) is 0 Å². The van der Waals surface area contributed by atoms with Gasteiger partial charge in [-0.2, -0.15) is 0 Å². The zero-order valence-electron chi connectivity index (χ0n) is 14.0. The number of carbonyl (C=O) groups excluding carboxylic acids is 2. The minimum absolute atomic E-state index is 0.0213. The Labute approximate surface area is 157 Å². The minimum atomic E-state index is -0.458. The lowest BCUT2D eigenvalue weighted by atomic mass is 9.88. The van der Waals surface area contributed by atoms with Crippen molar-refractivity contribution >= 4 is 40.8 Å². The summed E-state index contributed by atoms with van der Waals surface area (Å²) in [6, 6.07) is 13.7. The van der Waals surface area contributed by atoms with Crippen molar-refractivity contribution in [2.75, 3.05) is 11.9 Å². The molecule has 1 amide bonds. The number of benzene rings is 2. The number of hydrogen-bond acceptors (Lipinski definition) is 3. The topological polar surface area (TPSA) is 55.4 Å². The number of carbonyl (C=O) groups is 2. The molecule has 0 saturated carbocycles. The summed E-state index contributed by atoms with van der Waals surface area (Å²) in [4.78, 5) is 24.4. The molecule has 0 fully saturated rings. The lowest BCUT2D eigenvalue weighted by Gasteiger charge is -2.19. The van der Waals surface area contributed by atoms with E-state index in [0.29, 0.717) is 15.7 Å². The highest BCUT2D eigenvalue weighted by atomic mass is 35.5. The first-order chi connectivity index (χ1) is 11.9. The van der Waals surface area contributed by atoms with E-state index in [2.05, 4.69) is 5.32 Å². The maximum Gasteiger partial charge on any atom is 0.314 e. The molecule has 1 N–H and O–H groups in total. The number of halogens is 2. The fraction of sp³-hybridized carbons (Fsp3) is 0.263. The molecule has 0 bridgehead atoms. The van der Waals surface area contributed by atoms with Crippen molar-refractivity contribution in [2.24, 2.45) is 5.92 Å². The largest absolute Gasteiger partial charge is 0.455 e. The standard InChI is InChI=1S/C19H19Cl2NO3/c1-12(2)18(13-3-5-14(20)6-4-13)19(24)25-11-17(23)22-16-9-7-15(21)8-10-16/h3-10,12,18H,11H2,1-2H3,(H,22,23)/t18-/m0/s1. The molecule has 0 aromatic heterocycles. The molecule has 0 saturated heterocycles. The zero-order chi connectivity index (χ0) is 18.4. The summed E-state index contributed by atoms with van der Waals surface area (Å²) in [5.41, 5.74) is 1.39. The third kappa shape index (κ3) is 5.76. The van der Waals surface area contributed by atoms with Gasteiger partial charge in [0.1, 0.15) is 0 Å². The third-order valence-corrected chi connectivity index (χ3v) is 4.13. The van der Waals surface area contributed by atoms with E-state index < -0.39 is 17.8 Å². The van der Waals surface area contributed by atoms with Crippen LogP contribution in [0.5, 0.6) is 0 Å². The number of nitrogens with one attached hydrogen (secondary N) is 1. The molecule has 2 aromatic carbocycles. The highest BCUT2D eigenvalue weighted by Gasteiger charge is 2.26. The minimum Gasteiger partial charge on any atom is -0.455 e. The Morgan fingerprint density at radius 3 is 2.00 bits per heavy atom. The molecule has 0 unspecified atom stereocenters. The first-order valence-electron chi connectivity index (χ1n) is 7.84. The number of hydrogen-bond donors (Lipinski definition) is 1. The van der Waals surface area contributed by atoms with Crippen LogP contribution in [0.25, 0.3) is 0 Å². The summed E-state index contributed by atoms with van der Waals surface area (Å²) < 4.78 is 5.20. The summed E-state index contributed by atoms with van der Waals surface area (Å²) >= 11 is 11.7. The van der Waals surface area contributed by atoms with Gasteiger partial charge in [0, 0.05) is 15.7 Å². The highest BCUT2D eigenvalue weighted by molar-refractivity contribution is 6.30. The average Bonchev–Trinajstić information content (AvgIpc) is 2.57. The normalized spacial score (nSPS) is 11.9. The van der Waals surface area contributed by atoms with Crippen LogP contribution in [-0.4, -0.2) is 18.5 Å². The Morgan fingerprint density at radius 1 is 0.960 bits per heavy atom. The molecule has 2 aromatic rings. The van der Waals surface area contributed by atoms with Crippen LogP contribution in [0.1, 0.15) is 25.3 Å². The monoisotopic (exact) mass is 379 g/mol. The van der Waals surface area contributed by atoms with E-state index in [-0.39, 0.29) is 12.5 Å². The molecular formula is C19H19Cl2NO3. The summed E-state index contributed by atoms with van der Waals surface area (Å²) in [6.45, 7) is 3.50. The van der Waals surface area contributed by atoms with E-state index in [1.165, 1.54) is 0 Å². The van der Waals surface area contributed by atoms with Crippen LogP contribution in [-0.2, 0) is 14.3 Å². The second-order valence-electron chi connectivity index (χ2n) is 5.94. The summed E-state index contributed by atoms with van der Waals surface area (Å²) in [6.07, 6.45) is 0. The molecular weight excluding hydrogens is 361 g/mol. The predicted octanol–water partition coefficient (Wildman–Crippen LogP) is 4.91. The SMILES string of the molecule is CC(C)[C@H](C(=O)OCC(=O)Nc1ccc(Cl)cc1)c1ccc(Cl)cc1. The molecule has 4 nitrogen and oxygen atoms in total. The number of ether oxygens (including phenoxy) is 1. The van der Waals surface area contributed by atoms with E-state index >= 15 is 0 Å². The van der Waals surface area contributed by atoms with Gasteiger partial charge in [-0.15, -0.1) is 0 Å². The van der Waals surface area contributed by atoms with E-state index in [9.17, 15) is 9.59 Å². The van der Waals surface area contributed by atoms with Gasteiger partial charge in [0.05, 0.1) is 5.92 Å². The average molecular weight is 380 g/mol. The fourth-order valence-electron chi connectivity index (χ4n) is 2.42. The van der Waals surface area contributed by atoms with Gasteiger partial charge in [0.2, 0.25) is 0 Å². The van der Waals surface area contributed by atoms with Gasteiger partial charge < -0.3 is 10.1 Å². The van der Waals surface area contributed by atoms with Crippen molar-refractivity contribution in [2.45, 2.75) is 19.8 Å². The maximum atomic E-state index is 12.4. The first-order valence-corrected chi connectivity index (χ1v) is 8.60. The quantitative estimate of drug-likeness (QED) is 0.724. The number of rotatable bonds is 6. The van der Waals surface area contributed by atoms with Crippen molar-refractivity contribution in [1.82, 2.24) is 0 Å². The van der Waals surface area contributed by atoms with Gasteiger partial charge in [-0.3, -0.25) is 9.59 Å². The lowest BCUT2D eigenvalue weighted by Crippen LogP contribution is -2.26. The number of anilines is 1. The zero-order valence-corrected chi connectivity index (χ0v) is 15.5. The Bertz CT molecular complexity index is 727. The molecule has 0 aliphatic heterocycles. The van der Waals surface area contributed by atoms with E-state index in [1.807, 2.05) is 13.8 Å². The maximum absolute atomic E-state index is 12.4. The third-order valence-electron chi connectivity index (χ3n) is 3.62. The van der Waals surface area contributed by atoms with E-state index in [1.54, 1.807) is 48.5 Å². The summed E-state index contributed by atoms with van der Waals surface area (Å²) in [5.74, 6) is -1.29. The molecule has 0 aliphatic carbocycles. The van der Waals surface area contributed by atoms with Crippen LogP contribution in [0.2, 0.25) is 10.0 Å². The van der Waals surface area contributed by atoms with Crippen molar-refractivity contribution < 1.29 is 14.3 Å². The first kappa shape index (κ1) is 19.3. The van der Waals surface area contributed by atoms with Crippen LogP contribution < -0.4 is 5.32 Å². The lowest BCUT2D eigenvalue weighted by molar-refractivity contribution is -0.149. The summed E-state index contributed by atoms with van der Waals surface area (Å²) in [5, 5.41) is 3.82. The molecule has 6 heteroatoms. The van der Waals surface area contributed by atoms with Gasteiger partial charge in [0.15, 0.2) is 6.61 Å². The van der Waals surface area contributed by atoms with Gasteiger partial charge in [-0.05, 0) is 47.9 Å². The van der Waals surface area contributed by atoms with Crippen LogP contribution >= 0.6 is 23.2 Å². The van der Waals surface area contributed by atoms with Gasteiger partial charge >= 0.3 is 5.97 Å². The second-order valence-corrected chi connectivity index (χ2v) is 6.81. The Kier molecular flexibility index (Phi) is 6.85. The molecule has 1 atom stereocenters. The molecule has 25 heavy (non-hydrogen) atoms. The highest BCUT2D eigenvalue weighted by Crippen LogP contribution is 2.27. The summed E-state index contributed by atoms with van der Waals surface area (Å²) in [7, 11) is 0. The number of amides is 1. The molecule has 0 spiro atoms.